The molecule has 0 aliphatic carbocycles. The third-order valence-electron chi connectivity index (χ3n) is 6.29. The van der Waals surface area contributed by atoms with Gasteiger partial charge in [-0.15, -0.1) is 0 Å². The van der Waals surface area contributed by atoms with Crippen molar-refractivity contribution in [3.63, 3.8) is 0 Å². The molecule has 0 bridgehead atoms. The number of aryl methyl sites for hydroxylation is 1. The Kier molecular flexibility index (Phi) is 5.61. The maximum absolute atomic E-state index is 13.8. The molecule has 1 N–H and O–H groups in total. The lowest BCUT2D eigenvalue weighted by Gasteiger charge is -2.44. The van der Waals surface area contributed by atoms with Crippen LogP contribution in [0.5, 0.6) is 0 Å². The molecular weight excluding hydrogens is 386 g/mol. The number of anilines is 1. The first kappa shape index (κ1) is 21.2. The third kappa shape index (κ3) is 3.73. The summed E-state index contributed by atoms with van der Waals surface area (Å²) in [5.41, 5.74) is 2.52. The number of hydrogen-bond acceptors (Lipinski definition) is 2. The Labute approximate surface area is 184 Å². The van der Waals surface area contributed by atoms with Crippen molar-refractivity contribution < 1.29 is 9.59 Å². The number of aromatic nitrogens is 1. The lowest BCUT2D eigenvalue weighted by Crippen LogP contribution is -2.64. The zero-order chi connectivity index (χ0) is 22.2. The molecule has 31 heavy (non-hydrogen) atoms. The third-order valence-corrected chi connectivity index (χ3v) is 6.29. The zero-order valence-electron chi connectivity index (χ0n) is 18.8. The highest BCUT2D eigenvalue weighted by atomic mass is 16.2. The summed E-state index contributed by atoms with van der Waals surface area (Å²) in [5.74, 6) is 0.233. The van der Waals surface area contributed by atoms with Gasteiger partial charge in [0.15, 0.2) is 0 Å². The van der Waals surface area contributed by atoms with E-state index in [4.69, 9.17) is 0 Å². The summed E-state index contributed by atoms with van der Waals surface area (Å²) >= 11 is 0. The average molecular weight is 418 g/mol. The van der Waals surface area contributed by atoms with Gasteiger partial charge in [0.1, 0.15) is 11.2 Å². The number of para-hydroxylation sites is 1. The normalized spacial score (nSPS) is 18.5. The molecule has 0 saturated carbocycles. The van der Waals surface area contributed by atoms with Crippen molar-refractivity contribution in [2.75, 3.05) is 11.4 Å². The minimum absolute atomic E-state index is 0.121. The van der Waals surface area contributed by atoms with Gasteiger partial charge in [0.05, 0.1) is 6.54 Å². The van der Waals surface area contributed by atoms with Gasteiger partial charge in [0.25, 0.3) is 5.91 Å². The standard InChI is InChI=1S/C26H31N3O2/c1-5-19-10-12-21(13-11-19)29-24(30)23-16-20-8-6-7-9-22(20)28(23)17-26(29,4)25(31)27-15-14-18(2)3/h6-13,16,18H,5,14-15,17H2,1-4H3,(H,27,31)/t26-/m0/s1. The van der Waals surface area contributed by atoms with Crippen LogP contribution in [0, 0.1) is 5.92 Å². The number of hydrogen-bond donors (Lipinski definition) is 1. The predicted octanol–water partition coefficient (Wildman–Crippen LogP) is 4.79. The molecule has 3 aromatic rings. The van der Waals surface area contributed by atoms with Gasteiger partial charge in [0, 0.05) is 23.1 Å². The summed E-state index contributed by atoms with van der Waals surface area (Å²) in [6.45, 7) is 9.26. The van der Waals surface area contributed by atoms with Crippen LogP contribution in [0.15, 0.2) is 54.6 Å². The van der Waals surface area contributed by atoms with Gasteiger partial charge in [-0.2, -0.15) is 0 Å². The molecule has 162 valence electrons. The van der Waals surface area contributed by atoms with Crippen LogP contribution in [0.2, 0.25) is 0 Å². The second-order valence-corrected chi connectivity index (χ2v) is 9.05. The molecule has 2 amide bonds. The van der Waals surface area contributed by atoms with E-state index in [1.54, 1.807) is 4.90 Å². The van der Waals surface area contributed by atoms with Crippen molar-refractivity contribution in [2.24, 2.45) is 5.92 Å². The fourth-order valence-corrected chi connectivity index (χ4v) is 4.40. The summed E-state index contributed by atoms with van der Waals surface area (Å²) in [5, 5.41) is 4.10. The highest BCUT2D eigenvalue weighted by Crippen LogP contribution is 2.36. The second-order valence-electron chi connectivity index (χ2n) is 9.05. The highest BCUT2D eigenvalue weighted by Gasteiger charge is 2.48. The molecule has 2 aromatic carbocycles. The minimum Gasteiger partial charge on any atom is -0.354 e. The number of nitrogens with zero attached hydrogens (tertiary/aromatic N) is 2. The van der Waals surface area contributed by atoms with E-state index in [0.717, 1.165) is 29.4 Å². The number of benzene rings is 2. The minimum atomic E-state index is -1.03. The molecule has 1 aromatic heterocycles. The van der Waals surface area contributed by atoms with Crippen LogP contribution in [-0.2, 0) is 17.8 Å². The first-order valence-electron chi connectivity index (χ1n) is 11.1. The van der Waals surface area contributed by atoms with E-state index in [-0.39, 0.29) is 11.8 Å². The van der Waals surface area contributed by atoms with Gasteiger partial charge in [-0.3, -0.25) is 14.5 Å². The van der Waals surface area contributed by atoms with Crippen LogP contribution in [0.25, 0.3) is 10.9 Å². The SMILES string of the molecule is CCc1ccc(N2C(=O)c3cc4ccccc4n3C[C@@]2(C)C(=O)NCCC(C)C)cc1. The molecule has 0 spiro atoms. The predicted molar refractivity (Wildman–Crippen MR) is 125 cm³/mol. The second kappa shape index (κ2) is 8.22. The Morgan fingerprint density at radius 2 is 1.84 bits per heavy atom. The average Bonchev–Trinajstić information content (AvgIpc) is 3.12. The summed E-state index contributed by atoms with van der Waals surface area (Å²) in [4.78, 5) is 29.0. The number of nitrogens with one attached hydrogen (secondary N) is 1. The number of carbonyl (C=O) groups excluding carboxylic acids is 2. The Morgan fingerprint density at radius 1 is 1.13 bits per heavy atom. The lowest BCUT2D eigenvalue weighted by atomic mass is 9.93. The molecule has 1 aliphatic rings. The van der Waals surface area contributed by atoms with Crippen molar-refractivity contribution in [1.29, 1.82) is 0 Å². The van der Waals surface area contributed by atoms with E-state index in [9.17, 15) is 9.59 Å². The first-order valence-corrected chi connectivity index (χ1v) is 11.1. The molecule has 0 unspecified atom stereocenters. The van der Waals surface area contributed by atoms with E-state index in [2.05, 4.69) is 26.1 Å². The maximum Gasteiger partial charge on any atom is 0.275 e. The van der Waals surface area contributed by atoms with Crippen molar-refractivity contribution in [2.45, 2.75) is 52.6 Å². The van der Waals surface area contributed by atoms with Crippen LogP contribution in [0.3, 0.4) is 0 Å². The van der Waals surface area contributed by atoms with Gasteiger partial charge in [-0.05, 0) is 55.5 Å². The first-order chi connectivity index (χ1) is 14.8. The van der Waals surface area contributed by atoms with E-state index >= 15 is 0 Å². The lowest BCUT2D eigenvalue weighted by molar-refractivity contribution is -0.126. The number of amides is 2. The molecule has 2 heterocycles. The zero-order valence-corrected chi connectivity index (χ0v) is 18.8. The number of carbonyl (C=O) groups is 2. The van der Waals surface area contributed by atoms with Crippen molar-refractivity contribution in [3.05, 3.63) is 65.9 Å². The summed E-state index contributed by atoms with van der Waals surface area (Å²) in [7, 11) is 0. The van der Waals surface area contributed by atoms with Gasteiger partial charge < -0.3 is 9.88 Å². The maximum atomic E-state index is 13.8. The number of fused-ring (bicyclic) bond motifs is 3. The Bertz CT molecular complexity index is 1110. The van der Waals surface area contributed by atoms with E-state index in [1.807, 2.05) is 66.1 Å². The summed E-state index contributed by atoms with van der Waals surface area (Å²) < 4.78 is 2.00. The van der Waals surface area contributed by atoms with E-state index < -0.39 is 5.54 Å². The summed E-state index contributed by atoms with van der Waals surface area (Å²) in [6, 6.07) is 17.9. The molecule has 5 heteroatoms. The smallest absolute Gasteiger partial charge is 0.275 e. The van der Waals surface area contributed by atoms with Crippen LogP contribution in [-0.4, -0.2) is 28.5 Å². The Hall–Kier alpha value is -3.08. The fourth-order valence-electron chi connectivity index (χ4n) is 4.40. The fraction of sp³-hybridized carbons (Fsp3) is 0.385. The van der Waals surface area contributed by atoms with Crippen molar-refractivity contribution in [3.8, 4) is 0 Å². The summed E-state index contributed by atoms with van der Waals surface area (Å²) in [6.07, 6.45) is 1.83. The largest absolute Gasteiger partial charge is 0.354 e. The molecule has 1 atom stereocenters. The molecule has 4 rings (SSSR count). The number of rotatable bonds is 6. The van der Waals surface area contributed by atoms with Crippen molar-refractivity contribution in [1.82, 2.24) is 9.88 Å². The monoisotopic (exact) mass is 417 g/mol. The van der Waals surface area contributed by atoms with Crippen LogP contribution >= 0.6 is 0 Å². The van der Waals surface area contributed by atoms with E-state index in [0.29, 0.717) is 24.7 Å². The van der Waals surface area contributed by atoms with Gasteiger partial charge >= 0.3 is 0 Å². The van der Waals surface area contributed by atoms with Gasteiger partial charge in [0.2, 0.25) is 5.91 Å². The van der Waals surface area contributed by atoms with Gasteiger partial charge in [-0.25, -0.2) is 0 Å². The highest BCUT2D eigenvalue weighted by molar-refractivity contribution is 6.14. The van der Waals surface area contributed by atoms with E-state index in [1.165, 1.54) is 5.56 Å². The molecule has 1 aliphatic heterocycles. The molecule has 5 nitrogen and oxygen atoms in total. The topological polar surface area (TPSA) is 54.3 Å². The van der Waals surface area contributed by atoms with Crippen molar-refractivity contribution >= 4 is 28.4 Å². The molecule has 0 saturated heterocycles. The molecule has 0 fully saturated rings. The van der Waals surface area contributed by atoms with Crippen LogP contribution < -0.4 is 10.2 Å². The molecular formula is C26H31N3O2. The van der Waals surface area contributed by atoms with Crippen LogP contribution in [0.4, 0.5) is 5.69 Å². The quantitative estimate of drug-likeness (QED) is 0.627. The van der Waals surface area contributed by atoms with Gasteiger partial charge in [-0.1, -0.05) is 51.1 Å². The molecule has 0 radical (unpaired) electrons. The van der Waals surface area contributed by atoms with Crippen LogP contribution in [0.1, 0.15) is 50.2 Å². The Morgan fingerprint density at radius 3 is 2.52 bits per heavy atom. The Balaban J connectivity index is 1.80.